The fourth-order valence-electron chi connectivity index (χ4n) is 1.69. The molecule has 0 aromatic heterocycles. The van der Waals surface area contributed by atoms with Crippen molar-refractivity contribution in [1.29, 1.82) is 0 Å². The van der Waals surface area contributed by atoms with Crippen molar-refractivity contribution in [3.63, 3.8) is 0 Å². The number of hydrogen-bond donors (Lipinski definition) is 2. The summed E-state index contributed by atoms with van der Waals surface area (Å²) in [6.07, 6.45) is 0. The van der Waals surface area contributed by atoms with Gasteiger partial charge in [-0.25, -0.2) is 0 Å². The molecule has 0 aliphatic rings. The Morgan fingerprint density at radius 3 is 2.60 bits per heavy atom. The number of carbonyl (C=O) groups is 2. The van der Waals surface area contributed by atoms with Crippen molar-refractivity contribution >= 4 is 17.5 Å². The summed E-state index contributed by atoms with van der Waals surface area (Å²) >= 11 is 0. The fourth-order valence-corrected chi connectivity index (χ4v) is 1.69. The van der Waals surface area contributed by atoms with Gasteiger partial charge in [0.2, 0.25) is 0 Å². The number of amides is 2. The number of anilines is 1. The summed E-state index contributed by atoms with van der Waals surface area (Å²) in [6, 6.07) is 6.91. The van der Waals surface area contributed by atoms with Crippen LogP contribution in [-0.4, -0.2) is 48.1 Å². The van der Waals surface area contributed by atoms with Crippen LogP contribution in [0.2, 0.25) is 0 Å². The summed E-state index contributed by atoms with van der Waals surface area (Å²) < 4.78 is 5.37. The normalized spacial score (nSPS) is 9.95. The number of rotatable bonds is 6. The third-order valence-electron chi connectivity index (χ3n) is 2.67. The van der Waals surface area contributed by atoms with Crippen LogP contribution in [-0.2, 0) is 9.59 Å². The molecule has 0 aliphatic heterocycles. The van der Waals surface area contributed by atoms with Crippen molar-refractivity contribution in [3.8, 4) is 5.75 Å². The summed E-state index contributed by atoms with van der Waals surface area (Å²) in [4.78, 5) is 25.1. The SMILES string of the molecule is CCOc1ccccc1NC(=O)C(=O)N(CC)CCO. The number of ether oxygens (including phenoxy) is 1. The van der Waals surface area contributed by atoms with Crippen molar-refractivity contribution in [3.05, 3.63) is 24.3 Å². The summed E-state index contributed by atoms with van der Waals surface area (Å²) in [5.74, 6) is -0.901. The molecule has 0 spiro atoms. The molecule has 110 valence electrons. The Hall–Kier alpha value is -2.08. The van der Waals surface area contributed by atoms with E-state index in [-0.39, 0.29) is 13.2 Å². The third-order valence-corrected chi connectivity index (χ3v) is 2.67. The Morgan fingerprint density at radius 1 is 1.30 bits per heavy atom. The average molecular weight is 280 g/mol. The van der Waals surface area contributed by atoms with E-state index in [2.05, 4.69) is 5.32 Å². The molecule has 0 fully saturated rings. The van der Waals surface area contributed by atoms with Gasteiger partial charge in [-0.1, -0.05) is 12.1 Å². The van der Waals surface area contributed by atoms with Crippen LogP contribution in [0.3, 0.4) is 0 Å². The van der Waals surface area contributed by atoms with E-state index < -0.39 is 11.8 Å². The van der Waals surface area contributed by atoms with E-state index in [0.29, 0.717) is 24.6 Å². The highest BCUT2D eigenvalue weighted by Crippen LogP contribution is 2.23. The van der Waals surface area contributed by atoms with Crippen LogP contribution in [0.25, 0.3) is 0 Å². The van der Waals surface area contributed by atoms with Gasteiger partial charge in [-0.15, -0.1) is 0 Å². The Kier molecular flexibility index (Phi) is 6.52. The summed E-state index contributed by atoms with van der Waals surface area (Å²) in [7, 11) is 0. The number of carbonyl (C=O) groups excluding carboxylic acids is 2. The zero-order valence-corrected chi connectivity index (χ0v) is 11.8. The van der Waals surface area contributed by atoms with Gasteiger partial charge in [0.15, 0.2) is 0 Å². The second kappa shape index (κ2) is 8.16. The maximum Gasteiger partial charge on any atom is 0.314 e. The van der Waals surface area contributed by atoms with E-state index in [1.54, 1.807) is 31.2 Å². The van der Waals surface area contributed by atoms with Crippen LogP contribution < -0.4 is 10.1 Å². The molecule has 0 radical (unpaired) electrons. The molecule has 6 heteroatoms. The number of aliphatic hydroxyl groups excluding tert-OH is 1. The Bertz CT molecular complexity index is 462. The summed E-state index contributed by atoms with van der Waals surface area (Å²) in [5, 5.41) is 11.4. The number of hydrogen-bond acceptors (Lipinski definition) is 4. The highest BCUT2D eigenvalue weighted by atomic mass is 16.5. The monoisotopic (exact) mass is 280 g/mol. The minimum atomic E-state index is -0.743. The lowest BCUT2D eigenvalue weighted by Crippen LogP contribution is -2.41. The quantitative estimate of drug-likeness (QED) is 0.758. The van der Waals surface area contributed by atoms with Crippen molar-refractivity contribution in [2.45, 2.75) is 13.8 Å². The van der Waals surface area contributed by atoms with Crippen LogP contribution in [0.15, 0.2) is 24.3 Å². The zero-order valence-electron chi connectivity index (χ0n) is 11.8. The molecule has 0 unspecified atom stereocenters. The van der Waals surface area contributed by atoms with Crippen LogP contribution in [0.4, 0.5) is 5.69 Å². The minimum Gasteiger partial charge on any atom is -0.492 e. The molecule has 0 aliphatic carbocycles. The predicted molar refractivity (Wildman–Crippen MR) is 75.6 cm³/mol. The van der Waals surface area contributed by atoms with E-state index >= 15 is 0 Å². The Morgan fingerprint density at radius 2 is 2.00 bits per heavy atom. The standard InChI is InChI=1S/C14H20N2O4/c1-3-16(9-10-17)14(19)13(18)15-11-7-5-6-8-12(11)20-4-2/h5-8,17H,3-4,9-10H2,1-2H3,(H,15,18). The number of nitrogens with one attached hydrogen (secondary N) is 1. The third kappa shape index (κ3) is 4.24. The van der Waals surface area contributed by atoms with Crippen LogP contribution in [0.1, 0.15) is 13.8 Å². The summed E-state index contributed by atoms with van der Waals surface area (Å²) in [6.45, 7) is 4.36. The van der Waals surface area contributed by atoms with Crippen molar-refractivity contribution in [2.24, 2.45) is 0 Å². The number of likely N-dealkylation sites (N-methyl/N-ethyl adjacent to an activating group) is 1. The van der Waals surface area contributed by atoms with E-state index in [9.17, 15) is 9.59 Å². The highest BCUT2D eigenvalue weighted by molar-refractivity contribution is 6.39. The lowest BCUT2D eigenvalue weighted by atomic mass is 10.3. The molecule has 0 heterocycles. The second-order valence-electron chi connectivity index (χ2n) is 3.99. The smallest absolute Gasteiger partial charge is 0.314 e. The zero-order chi connectivity index (χ0) is 15.0. The second-order valence-corrected chi connectivity index (χ2v) is 3.99. The van der Waals surface area contributed by atoms with E-state index in [1.807, 2.05) is 6.92 Å². The number of para-hydroxylation sites is 2. The average Bonchev–Trinajstić information content (AvgIpc) is 2.46. The maximum atomic E-state index is 11.9. The predicted octanol–water partition coefficient (Wildman–Crippen LogP) is 0.865. The Labute approximate surface area is 118 Å². The first kappa shape index (κ1) is 16.0. The van der Waals surface area contributed by atoms with Crippen LogP contribution in [0, 0.1) is 0 Å². The van der Waals surface area contributed by atoms with Crippen LogP contribution in [0.5, 0.6) is 5.75 Å². The van der Waals surface area contributed by atoms with Gasteiger partial charge in [-0.3, -0.25) is 9.59 Å². The molecule has 2 amide bonds. The molecule has 1 aromatic carbocycles. The van der Waals surface area contributed by atoms with Gasteiger partial charge < -0.3 is 20.1 Å². The first-order valence-electron chi connectivity index (χ1n) is 6.56. The molecule has 0 atom stereocenters. The molecule has 2 N–H and O–H groups in total. The molecular weight excluding hydrogens is 260 g/mol. The van der Waals surface area contributed by atoms with E-state index in [0.717, 1.165) is 0 Å². The topological polar surface area (TPSA) is 78.9 Å². The molecule has 0 saturated heterocycles. The number of aliphatic hydroxyl groups is 1. The lowest BCUT2D eigenvalue weighted by Gasteiger charge is -2.19. The maximum absolute atomic E-state index is 11.9. The van der Waals surface area contributed by atoms with Gasteiger partial charge in [-0.05, 0) is 26.0 Å². The first-order chi connectivity index (χ1) is 9.63. The molecule has 0 bridgehead atoms. The molecular formula is C14H20N2O4. The lowest BCUT2D eigenvalue weighted by molar-refractivity contribution is -0.143. The van der Waals surface area contributed by atoms with E-state index in [1.165, 1.54) is 4.90 Å². The highest BCUT2D eigenvalue weighted by Gasteiger charge is 2.21. The summed E-state index contributed by atoms with van der Waals surface area (Å²) in [5.41, 5.74) is 0.452. The number of nitrogens with zero attached hydrogens (tertiary/aromatic N) is 1. The van der Waals surface area contributed by atoms with E-state index in [4.69, 9.17) is 9.84 Å². The molecule has 1 aromatic rings. The van der Waals surface area contributed by atoms with Crippen molar-refractivity contribution in [2.75, 3.05) is 31.6 Å². The minimum absolute atomic E-state index is 0.135. The largest absolute Gasteiger partial charge is 0.492 e. The first-order valence-corrected chi connectivity index (χ1v) is 6.56. The molecule has 0 saturated carbocycles. The van der Waals surface area contributed by atoms with Gasteiger partial charge in [0.05, 0.1) is 18.9 Å². The van der Waals surface area contributed by atoms with Gasteiger partial charge in [-0.2, -0.15) is 0 Å². The fraction of sp³-hybridized carbons (Fsp3) is 0.429. The molecule has 6 nitrogen and oxygen atoms in total. The molecule has 20 heavy (non-hydrogen) atoms. The van der Waals surface area contributed by atoms with Gasteiger partial charge >= 0.3 is 11.8 Å². The van der Waals surface area contributed by atoms with Crippen LogP contribution >= 0.6 is 0 Å². The van der Waals surface area contributed by atoms with Crippen molar-refractivity contribution < 1.29 is 19.4 Å². The van der Waals surface area contributed by atoms with Gasteiger partial charge in [0, 0.05) is 13.1 Å². The van der Waals surface area contributed by atoms with Crippen molar-refractivity contribution in [1.82, 2.24) is 4.90 Å². The van der Waals surface area contributed by atoms with Gasteiger partial charge in [0.1, 0.15) is 5.75 Å². The Balaban J connectivity index is 2.77. The van der Waals surface area contributed by atoms with Gasteiger partial charge in [0.25, 0.3) is 0 Å². The number of benzene rings is 1. The molecule has 1 rings (SSSR count).